The molecule has 0 saturated carbocycles. The Kier molecular flexibility index (Phi) is 2.83. The van der Waals surface area contributed by atoms with E-state index < -0.39 is 0 Å². The van der Waals surface area contributed by atoms with Crippen molar-refractivity contribution in [1.29, 1.82) is 0 Å². The molecular weight excluding hydrogens is 266 g/mol. The Morgan fingerprint density at radius 2 is 1.95 bits per heavy atom. The lowest BCUT2D eigenvalue weighted by molar-refractivity contribution is 0.457. The van der Waals surface area contributed by atoms with E-state index >= 15 is 0 Å². The number of aromatic nitrogens is 6. The summed E-state index contributed by atoms with van der Waals surface area (Å²) in [5.74, 6) is 0.758. The van der Waals surface area contributed by atoms with E-state index in [1.165, 1.54) is 19.3 Å². The van der Waals surface area contributed by atoms with Crippen LogP contribution in [0.4, 0.5) is 0 Å². The van der Waals surface area contributed by atoms with Gasteiger partial charge in [0.1, 0.15) is 12.0 Å². The minimum absolute atomic E-state index is 0.758. The van der Waals surface area contributed by atoms with Gasteiger partial charge >= 0.3 is 0 Å². The molecule has 1 aliphatic heterocycles. The van der Waals surface area contributed by atoms with E-state index in [0.717, 1.165) is 41.3 Å². The quantitative estimate of drug-likeness (QED) is 0.774. The molecular formula is C14H17N7. The third-order valence-electron chi connectivity index (χ3n) is 3.96. The first-order valence-corrected chi connectivity index (χ1v) is 7.30. The molecule has 4 rings (SSSR count). The summed E-state index contributed by atoms with van der Waals surface area (Å²) in [6.07, 6.45) is 8.82. The maximum absolute atomic E-state index is 4.76. The Balaban J connectivity index is 1.93. The van der Waals surface area contributed by atoms with Gasteiger partial charge in [-0.15, -0.1) is 5.10 Å². The van der Waals surface area contributed by atoms with Crippen molar-refractivity contribution in [1.82, 2.24) is 29.8 Å². The fraction of sp³-hybridized carbons (Fsp3) is 0.429. The lowest BCUT2D eigenvalue weighted by Crippen LogP contribution is -2.40. The van der Waals surface area contributed by atoms with Crippen molar-refractivity contribution in [2.45, 2.75) is 26.2 Å². The lowest BCUT2D eigenvalue weighted by Gasteiger charge is -2.28. The molecule has 0 spiro atoms. The summed E-state index contributed by atoms with van der Waals surface area (Å²) >= 11 is 0. The number of rotatable bonds is 2. The van der Waals surface area contributed by atoms with Crippen LogP contribution in [0.15, 0.2) is 18.7 Å². The topological polar surface area (TPSA) is 75.5 Å². The molecule has 0 radical (unpaired) electrons. The van der Waals surface area contributed by atoms with Crippen molar-refractivity contribution >= 4 is 11.0 Å². The largest absolute Gasteiger partial charge is 0.343 e. The fourth-order valence-corrected chi connectivity index (χ4v) is 2.91. The summed E-state index contributed by atoms with van der Waals surface area (Å²) < 4.78 is 0. The number of aryl methyl sites for hydroxylation is 1. The van der Waals surface area contributed by atoms with Crippen molar-refractivity contribution in [3.8, 4) is 11.5 Å². The van der Waals surface area contributed by atoms with Gasteiger partial charge in [-0.1, -0.05) is 0 Å². The third kappa shape index (κ3) is 1.96. The Morgan fingerprint density at radius 3 is 2.71 bits per heavy atom. The number of piperidine rings is 1. The van der Waals surface area contributed by atoms with E-state index in [9.17, 15) is 0 Å². The van der Waals surface area contributed by atoms with Crippen LogP contribution in [0.5, 0.6) is 0 Å². The molecule has 0 aliphatic carbocycles. The summed E-state index contributed by atoms with van der Waals surface area (Å²) in [6.45, 7) is 4.01. The van der Waals surface area contributed by atoms with Crippen LogP contribution in [-0.2, 0) is 0 Å². The average Bonchev–Trinajstić information content (AvgIpc) is 3.16. The molecule has 7 heteroatoms. The van der Waals surface area contributed by atoms with E-state index in [0.29, 0.717) is 0 Å². The number of aromatic amines is 1. The normalized spacial score (nSPS) is 15.8. The summed E-state index contributed by atoms with van der Waals surface area (Å²) in [5, 5.41) is 7.99. The van der Waals surface area contributed by atoms with Gasteiger partial charge in [0.25, 0.3) is 0 Å². The predicted molar refractivity (Wildman–Crippen MR) is 79.4 cm³/mol. The maximum Gasteiger partial charge on any atom is 0.184 e. The minimum atomic E-state index is 0.758. The van der Waals surface area contributed by atoms with Crippen LogP contribution in [0, 0.1) is 6.92 Å². The zero-order valence-electron chi connectivity index (χ0n) is 12.0. The molecule has 3 aromatic heterocycles. The summed E-state index contributed by atoms with van der Waals surface area (Å²) in [5.41, 5.74) is 2.60. The standard InChI is InChI=1S/C14H17N7/c1-10-11-12(13-15-5-6-16-13)19-21(14(11)18-9-17-10)20-7-3-2-4-8-20/h5-6,9H,2-4,7-8H2,1H3,(H,15,16). The van der Waals surface area contributed by atoms with Gasteiger partial charge in [-0.05, 0) is 26.2 Å². The number of imidazole rings is 1. The number of nitrogens with one attached hydrogen (secondary N) is 1. The number of nitrogens with zero attached hydrogens (tertiary/aromatic N) is 6. The molecule has 108 valence electrons. The van der Waals surface area contributed by atoms with Crippen molar-refractivity contribution in [3.63, 3.8) is 0 Å². The molecule has 7 nitrogen and oxygen atoms in total. The molecule has 0 atom stereocenters. The van der Waals surface area contributed by atoms with Crippen molar-refractivity contribution < 1.29 is 0 Å². The highest BCUT2D eigenvalue weighted by molar-refractivity contribution is 5.91. The summed E-state index contributed by atoms with van der Waals surface area (Å²) in [6, 6.07) is 0. The van der Waals surface area contributed by atoms with Gasteiger partial charge in [-0.25, -0.2) is 15.0 Å². The van der Waals surface area contributed by atoms with E-state index in [1.54, 1.807) is 18.7 Å². The van der Waals surface area contributed by atoms with Crippen LogP contribution < -0.4 is 5.01 Å². The SMILES string of the molecule is Cc1ncnc2c1c(-c1ncc[nH]1)nn2N1CCCCC1. The second kappa shape index (κ2) is 4.83. The van der Waals surface area contributed by atoms with Gasteiger partial charge in [-0.2, -0.15) is 4.79 Å². The second-order valence-corrected chi connectivity index (χ2v) is 5.35. The molecule has 1 fully saturated rings. The Labute approximate surface area is 122 Å². The van der Waals surface area contributed by atoms with Crippen LogP contribution in [0.2, 0.25) is 0 Å². The van der Waals surface area contributed by atoms with Gasteiger partial charge in [0.2, 0.25) is 0 Å². The highest BCUT2D eigenvalue weighted by Gasteiger charge is 2.21. The molecule has 0 bridgehead atoms. The molecule has 3 aromatic rings. The monoisotopic (exact) mass is 283 g/mol. The van der Waals surface area contributed by atoms with Crippen LogP contribution in [0.25, 0.3) is 22.6 Å². The number of hydrogen-bond acceptors (Lipinski definition) is 5. The molecule has 1 aliphatic rings. The Hall–Kier alpha value is -2.44. The highest BCUT2D eigenvalue weighted by atomic mass is 15.7. The Bertz CT molecular complexity index is 753. The van der Waals surface area contributed by atoms with Gasteiger partial charge in [0.05, 0.1) is 11.1 Å². The first kappa shape index (κ1) is 12.3. The van der Waals surface area contributed by atoms with Crippen molar-refractivity contribution in [2.24, 2.45) is 0 Å². The highest BCUT2D eigenvalue weighted by Crippen LogP contribution is 2.26. The van der Waals surface area contributed by atoms with Gasteiger partial charge in [0.15, 0.2) is 11.5 Å². The molecule has 0 unspecified atom stereocenters. The van der Waals surface area contributed by atoms with Gasteiger partial charge < -0.3 is 4.98 Å². The zero-order chi connectivity index (χ0) is 14.2. The second-order valence-electron chi connectivity index (χ2n) is 5.35. The van der Waals surface area contributed by atoms with E-state index in [2.05, 4.69) is 24.9 Å². The fourth-order valence-electron chi connectivity index (χ4n) is 2.91. The van der Waals surface area contributed by atoms with Crippen LogP contribution in [0.1, 0.15) is 25.0 Å². The first-order valence-electron chi connectivity index (χ1n) is 7.30. The smallest absolute Gasteiger partial charge is 0.184 e. The molecule has 1 saturated heterocycles. The summed E-state index contributed by atoms with van der Waals surface area (Å²) in [4.78, 5) is 18.2. The molecule has 21 heavy (non-hydrogen) atoms. The molecule has 1 N–H and O–H groups in total. The van der Waals surface area contributed by atoms with Crippen LogP contribution >= 0.6 is 0 Å². The summed E-state index contributed by atoms with van der Waals surface area (Å²) in [7, 11) is 0. The van der Waals surface area contributed by atoms with Crippen molar-refractivity contribution in [3.05, 3.63) is 24.4 Å². The predicted octanol–water partition coefficient (Wildman–Crippen LogP) is 1.65. The molecule has 0 amide bonds. The molecule has 4 heterocycles. The number of hydrogen-bond donors (Lipinski definition) is 1. The Morgan fingerprint density at radius 1 is 1.10 bits per heavy atom. The van der Waals surface area contributed by atoms with E-state index in [1.807, 2.05) is 11.7 Å². The van der Waals surface area contributed by atoms with Crippen LogP contribution in [0.3, 0.4) is 0 Å². The number of H-pyrrole nitrogens is 1. The van der Waals surface area contributed by atoms with E-state index in [-0.39, 0.29) is 0 Å². The zero-order valence-corrected chi connectivity index (χ0v) is 12.0. The minimum Gasteiger partial charge on any atom is -0.343 e. The third-order valence-corrected chi connectivity index (χ3v) is 3.96. The van der Waals surface area contributed by atoms with Crippen LogP contribution in [-0.4, -0.2) is 42.9 Å². The van der Waals surface area contributed by atoms with Gasteiger partial charge in [-0.3, -0.25) is 5.01 Å². The lowest BCUT2D eigenvalue weighted by atomic mass is 10.2. The number of fused-ring (bicyclic) bond motifs is 1. The molecule has 0 aromatic carbocycles. The van der Waals surface area contributed by atoms with Crippen molar-refractivity contribution in [2.75, 3.05) is 18.1 Å². The maximum atomic E-state index is 4.76. The van der Waals surface area contributed by atoms with E-state index in [4.69, 9.17) is 5.10 Å². The first-order chi connectivity index (χ1) is 10.3. The van der Waals surface area contributed by atoms with Gasteiger partial charge in [0, 0.05) is 25.5 Å². The average molecular weight is 283 g/mol.